The van der Waals surface area contributed by atoms with Gasteiger partial charge in [-0.2, -0.15) is 0 Å². The molecule has 3 heterocycles. The summed E-state index contributed by atoms with van der Waals surface area (Å²) in [5, 5.41) is 3.58. The van der Waals surface area contributed by atoms with Crippen LogP contribution in [0.3, 0.4) is 0 Å². The van der Waals surface area contributed by atoms with Crippen LogP contribution in [0.25, 0.3) is 61.3 Å². The van der Waals surface area contributed by atoms with Gasteiger partial charge in [-0.05, 0) is 41.2 Å². The average molecular weight is 778 g/mol. The summed E-state index contributed by atoms with van der Waals surface area (Å²) >= 11 is 0. The molecule has 0 saturated heterocycles. The smallest absolute Gasteiger partial charge is 0.120 e. The third kappa shape index (κ3) is 6.05. The maximum atomic E-state index is 6.24. The summed E-state index contributed by atoms with van der Waals surface area (Å²) in [6, 6.07) is 49.4. The molecule has 6 heteroatoms. The van der Waals surface area contributed by atoms with E-state index in [1.165, 1.54) is 5.19 Å². The van der Waals surface area contributed by atoms with Gasteiger partial charge in [0, 0.05) is 37.4 Å². The molecule has 0 spiro atoms. The average Bonchev–Trinajstić information content (AvgIpc) is 3.64. The molecule has 223 valence electrons. The van der Waals surface area contributed by atoms with Crippen LogP contribution in [0, 0.1) is 12.1 Å². The Kier molecular flexibility index (Phi) is 8.64. The first kappa shape index (κ1) is 30.4. The van der Waals surface area contributed by atoms with Crippen molar-refractivity contribution in [1.29, 1.82) is 0 Å². The molecule has 4 nitrogen and oxygen atoms in total. The summed E-state index contributed by atoms with van der Waals surface area (Å²) in [7, 11) is -1.23. The monoisotopic (exact) mass is 778 g/mol. The van der Waals surface area contributed by atoms with Crippen LogP contribution in [0.4, 0.5) is 0 Å². The van der Waals surface area contributed by atoms with E-state index >= 15 is 0 Å². The summed E-state index contributed by atoms with van der Waals surface area (Å²) in [5.41, 5.74) is 7.69. The van der Waals surface area contributed by atoms with Crippen LogP contribution in [-0.4, -0.2) is 22.6 Å². The van der Waals surface area contributed by atoms with Crippen molar-refractivity contribution in [2.24, 2.45) is 0 Å². The summed E-state index contributed by atoms with van der Waals surface area (Å²) in [5.74, 6) is 0.831. The van der Waals surface area contributed by atoms with Crippen LogP contribution in [0.15, 0.2) is 138 Å². The molecule has 1 radical (unpaired) electrons. The molecule has 8 rings (SSSR count). The zero-order chi connectivity index (χ0) is 30.1. The van der Waals surface area contributed by atoms with E-state index in [1.54, 1.807) is 0 Å². The number of rotatable bonds is 4. The molecular weight excluding hydrogens is 747 g/mol. The van der Waals surface area contributed by atoms with E-state index in [2.05, 4.69) is 83.8 Å². The fraction of sp³-hybridized carbons (Fsp3) is 0.0769. The fourth-order valence-corrected chi connectivity index (χ4v) is 6.47. The molecule has 8 aromatic rings. The van der Waals surface area contributed by atoms with Gasteiger partial charge >= 0.3 is 0 Å². The Morgan fingerprint density at radius 3 is 2.20 bits per heavy atom. The topological polar surface area (TPSA) is 43.9 Å². The van der Waals surface area contributed by atoms with Gasteiger partial charge < -0.3 is 14.0 Å². The summed E-state index contributed by atoms with van der Waals surface area (Å²) in [4.78, 5) is 9.47. The first-order valence-electron chi connectivity index (χ1n) is 14.8. The molecule has 45 heavy (non-hydrogen) atoms. The molecular formula is C39H31IrN3OSi-2. The number of fused-ring (bicyclic) bond motifs is 4. The second kappa shape index (κ2) is 12.8. The van der Waals surface area contributed by atoms with Crippen LogP contribution in [-0.2, 0) is 20.1 Å². The Bertz CT molecular complexity index is 2200. The third-order valence-corrected chi connectivity index (χ3v) is 9.78. The zero-order valence-electron chi connectivity index (χ0n) is 25.3. The van der Waals surface area contributed by atoms with Gasteiger partial charge in [0.1, 0.15) is 5.58 Å². The molecule has 0 atom stereocenters. The SMILES string of the molecule is C[Si](C)(C)c1ccc(-c2[c-]cccc2)nc1.[Ir].[c-]1ccc2c(oc3ccccc32)c1-c1nc2ccccc2n1-c1ccccc1. The Morgan fingerprint density at radius 2 is 1.44 bits per heavy atom. The number of pyridine rings is 1. The molecule has 0 amide bonds. The van der Waals surface area contributed by atoms with E-state index in [9.17, 15) is 0 Å². The molecule has 0 unspecified atom stereocenters. The van der Waals surface area contributed by atoms with Gasteiger partial charge in [0.2, 0.25) is 0 Å². The molecule has 5 aromatic carbocycles. The van der Waals surface area contributed by atoms with Gasteiger partial charge in [-0.3, -0.25) is 4.98 Å². The first-order valence-corrected chi connectivity index (χ1v) is 18.3. The van der Waals surface area contributed by atoms with Gasteiger partial charge in [-0.15, -0.1) is 54.1 Å². The van der Waals surface area contributed by atoms with Gasteiger partial charge in [0.15, 0.2) is 0 Å². The minimum Gasteiger partial charge on any atom is -0.501 e. The van der Waals surface area contributed by atoms with Crippen molar-refractivity contribution < 1.29 is 24.5 Å². The predicted molar refractivity (Wildman–Crippen MR) is 184 cm³/mol. The molecule has 0 aliphatic rings. The maximum Gasteiger partial charge on any atom is 0.120 e. The van der Waals surface area contributed by atoms with Crippen LogP contribution in [0.5, 0.6) is 0 Å². The zero-order valence-corrected chi connectivity index (χ0v) is 28.7. The summed E-state index contributed by atoms with van der Waals surface area (Å²) < 4.78 is 8.41. The van der Waals surface area contributed by atoms with Crippen molar-refractivity contribution in [1.82, 2.24) is 14.5 Å². The van der Waals surface area contributed by atoms with Gasteiger partial charge in [0.05, 0.1) is 30.5 Å². The molecule has 0 N–H and O–H groups in total. The first-order chi connectivity index (χ1) is 21.5. The standard InChI is InChI=1S/C25H15N2O.C14H16NSi.Ir/c1-2-9-17(10-3-1)27-22-15-6-5-14-21(22)26-25(27)20-13-8-12-19-18-11-4-7-16-23(18)28-24(19)20;1-16(2,3)13-9-10-14(15-11-13)12-7-5-4-6-8-12;/h1-12,14-16H;4-7,9-11H,1-3H3;/q2*-1;. The number of hydrogen-bond donors (Lipinski definition) is 0. The molecule has 0 aliphatic heterocycles. The van der Waals surface area contributed by atoms with Crippen molar-refractivity contribution in [2.45, 2.75) is 19.6 Å². The summed E-state index contributed by atoms with van der Waals surface area (Å²) in [6.45, 7) is 7.00. The Labute approximate surface area is 277 Å². The van der Waals surface area contributed by atoms with E-state index in [-0.39, 0.29) is 20.1 Å². The Balaban J connectivity index is 0.000000181. The van der Waals surface area contributed by atoms with E-state index in [0.717, 1.165) is 61.3 Å². The predicted octanol–water partition coefficient (Wildman–Crippen LogP) is 9.48. The largest absolute Gasteiger partial charge is 0.501 e. The van der Waals surface area contributed by atoms with Crippen molar-refractivity contribution in [2.75, 3.05) is 0 Å². The van der Waals surface area contributed by atoms with Crippen LogP contribution >= 0.6 is 0 Å². The molecule has 0 saturated carbocycles. The molecule has 0 bridgehead atoms. The van der Waals surface area contributed by atoms with Gasteiger partial charge in [0.25, 0.3) is 0 Å². The van der Waals surface area contributed by atoms with E-state index < -0.39 is 8.07 Å². The van der Waals surface area contributed by atoms with Crippen LogP contribution in [0.1, 0.15) is 0 Å². The van der Waals surface area contributed by atoms with E-state index in [0.29, 0.717) is 0 Å². The number of imidazole rings is 1. The number of furan rings is 1. The molecule has 0 fully saturated rings. The van der Waals surface area contributed by atoms with Gasteiger partial charge in [-0.25, -0.2) is 0 Å². The van der Waals surface area contributed by atoms with Crippen molar-refractivity contribution in [3.8, 4) is 28.3 Å². The normalized spacial score (nSPS) is 11.3. The second-order valence-corrected chi connectivity index (χ2v) is 16.8. The number of para-hydroxylation sites is 4. The number of aromatic nitrogens is 3. The van der Waals surface area contributed by atoms with Crippen LogP contribution < -0.4 is 5.19 Å². The Hall–Kier alpha value is -4.61. The van der Waals surface area contributed by atoms with Gasteiger partial charge in [-0.1, -0.05) is 91.3 Å². The number of nitrogens with zero attached hydrogens (tertiary/aromatic N) is 3. The minimum absolute atomic E-state index is 0. The fourth-order valence-electron chi connectivity index (χ4n) is 5.44. The molecule has 0 aliphatic carbocycles. The second-order valence-electron chi connectivity index (χ2n) is 11.7. The van der Waals surface area contributed by atoms with Crippen molar-refractivity contribution in [3.63, 3.8) is 0 Å². The number of benzene rings is 5. The van der Waals surface area contributed by atoms with E-state index in [4.69, 9.17) is 9.40 Å². The van der Waals surface area contributed by atoms with Crippen molar-refractivity contribution in [3.05, 3.63) is 146 Å². The minimum atomic E-state index is -1.23. The molecule has 3 aromatic heterocycles. The van der Waals surface area contributed by atoms with Crippen LogP contribution in [0.2, 0.25) is 19.6 Å². The Morgan fingerprint density at radius 1 is 0.689 bits per heavy atom. The quantitative estimate of drug-likeness (QED) is 0.132. The van der Waals surface area contributed by atoms with Crippen molar-refractivity contribution >= 4 is 46.2 Å². The number of hydrogen-bond acceptors (Lipinski definition) is 3. The van der Waals surface area contributed by atoms with E-state index in [1.807, 2.05) is 91.1 Å². The maximum absolute atomic E-state index is 6.24. The summed E-state index contributed by atoms with van der Waals surface area (Å²) in [6.07, 6.45) is 2.02. The third-order valence-electron chi connectivity index (χ3n) is 7.75.